The summed E-state index contributed by atoms with van der Waals surface area (Å²) in [7, 11) is 1.57. The van der Waals surface area contributed by atoms with Crippen LogP contribution in [0.25, 0.3) is 0 Å². The van der Waals surface area contributed by atoms with Gasteiger partial charge < -0.3 is 10.4 Å². The molecule has 7 heteroatoms. The van der Waals surface area contributed by atoms with Crippen molar-refractivity contribution in [1.29, 1.82) is 0 Å². The van der Waals surface area contributed by atoms with Crippen LogP contribution in [-0.4, -0.2) is 29.8 Å². The van der Waals surface area contributed by atoms with Crippen molar-refractivity contribution in [3.05, 3.63) is 53.6 Å². The summed E-state index contributed by atoms with van der Waals surface area (Å²) in [5.74, 6) is 0.672. The van der Waals surface area contributed by atoms with E-state index in [-0.39, 0.29) is 17.4 Å². The molecule has 0 aliphatic heterocycles. The van der Waals surface area contributed by atoms with Crippen LogP contribution in [-0.2, 0) is 22.8 Å². The van der Waals surface area contributed by atoms with Crippen molar-refractivity contribution in [1.82, 2.24) is 9.65 Å². The molecule has 0 aromatic heterocycles. The first-order chi connectivity index (χ1) is 11.5. The molecule has 1 amide bonds. The normalized spacial score (nSPS) is 9.62. The van der Waals surface area contributed by atoms with Crippen molar-refractivity contribution in [2.24, 2.45) is 0 Å². The maximum absolute atomic E-state index is 11.2. The van der Waals surface area contributed by atoms with Crippen LogP contribution < -0.4 is 14.4 Å². The fraction of sp³-hybridized carbons (Fsp3) is 0.235. The van der Waals surface area contributed by atoms with E-state index in [9.17, 15) is 15.0 Å². The van der Waals surface area contributed by atoms with E-state index in [1.165, 1.54) is 6.07 Å². The van der Waals surface area contributed by atoms with Gasteiger partial charge in [-0.05, 0) is 19.1 Å². The van der Waals surface area contributed by atoms with Crippen molar-refractivity contribution < 1.29 is 36.0 Å². The standard InChI is InChI=1S/C9H11NO2.C8H10NO2.Mn/c1-2-10-9(12)7-5-3-4-6-8(7)11;1-11-7-3-2-6(5-9)8(10)4-7;/h3-6,11H,2H2,1H3,(H,10,12);2-4,9-10H,5H2,1H3;/q;-1;+1. The summed E-state index contributed by atoms with van der Waals surface area (Å²) < 4.78 is 7.71. The number of para-hydroxylation sites is 1. The van der Waals surface area contributed by atoms with Gasteiger partial charge in [0.2, 0.25) is 0 Å². The van der Waals surface area contributed by atoms with Crippen molar-refractivity contribution in [2.45, 2.75) is 13.5 Å². The van der Waals surface area contributed by atoms with Crippen LogP contribution >= 0.6 is 0 Å². The van der Waals surface area contributed by atoms with E-state index in [0.29, 0.717) is 24.4 Å². The number of amides is 1. The second-order valence-electron chi connectivity index (χ2n) is 4.68. The van der Waals surface area contributed by atoms with Crippen LogP contribution in [0.2, 0.25) is 0 Å². The van der Waals surface area contributed by atoms with Gasteiger partial charge in [0.25, 0.3) is 5.91 Å². The van der Waals surface area contributed by atoms with Gasteiger partial charge in [-0.2, -0.15) is 0 Å². The Morgan fingerprint density at radius 1 is 1.17 bits per heavy atom. The Hall–Kier alpha value is -2.21. The predicted molar refractivity (Wildman–Crippen MR) is 87.6 cm³/mol. The van der Waals surface area contributed by atoms with E-state index < -0.39 is 0 Å². The van der Waals surface area contributed by atoms with Crippen molar-refractivity contribution in [2.75, 3.05) is 13.7 Å². The minimum atomic E-state index is -0.240. The molecule has 0 bridgehead atoms. The average molecular weight is 372 g/mol. The molecule has 0 radical (unpaired) electrons. The number of nitrogens with one attached hydrogen (secondary N) is 2. The minimum absolute atomic E-state index is 0.0171. The number of phenols is 2. The van der Waals surface area contributed by atoms with E-state index in [4.69, 9.17) is 4.74 Å². The van der Waals surface area contributed by atoms with Gasteiger partial charge in [-0.1, -0.05) is 12.1 Å². The third kappa shape index (κ3) is 6.12. The number of carbonyl (C=O) groups is 1. The van der Waals surface area contributed by atoms with E-state index in [0.717, 1.165) is 5.56 Å². The summed E-state index contributed by atoms with van der Waals surface area (Å²) in [4.78, 5) is 11.2. The molecule has 2 rings (SSSR count). The second-order valence-corrected chi connectivity index (χ2v) is 5.10. The molecule has 0 spiro atoms. The fourth-order valence-corrected chi connectivity index (χ4v) is 2.04. The first-order valence-electron chi connectivity index (χ1n) is 7.29. The molecular weight excluding hydrogens is 351 g/mol. The number of hydrogen-bond donors (Lipinski definition) is 4. The molecule has 0 atom stereocenters. The van der Waals surface area contributed by atoms with Gasteiger partial charge in [0.1, 0.15) is 5.75 Å². The third-order valence-corrected chi connectivity index (χ3v) is 3.24. The Balaban J connectivity index is 0.000000240. The molecule has 0 aliphatic rings. The molecule has 0 saturated carbocycles. The molecule has 2 aromatic carbocycles. The molecule has 0 heterocycles. The summed E-state index contributed by atoms with van der Waals surface area (Å²) in [5.41, 5.74) is 1.15. The SMILES string of the molecule is CCNC(=O)c1ccccc1O.COc1ccc(C[NH][Mn])c(O)c1. The quantitative estimate of drug-likeness (QED) is 0.604. The number of methoxy groups -OCH3 is 1. The number of hydrogen-bond acceptors (Lipinski definition) is 5. The molecule has 24 heavy (non-hydrogen) atoms. The zero-order valence-electron chi connectivity index (χ0n) is 13.5. The Kier molecular flexibility index (Phi) is 8.71. The van der Waals surface area contributed by atoms with Crippen LogP contribution in [0.3, 0.4) is 0 Å². The average Bonchev–Trinajstić information content (AvgIpc) is 2.58. The molecule has 0 saturated heterocycles. The van der Waals surface area contributed by atoms with Crippen LogP contribution in [0.5, 0.6) is 17.2 Å². The van der Waals surface area contributed by atoms with Crippen LogP contribution in [0.15, 0.2) is 42.5 Å². The molecule has 0 unspecified atom stereocenters. The van der Waals surface area contributed by atoms with Gasteiger partial charge in [-0.25, -0.2) is 0 Å². The molecule has 6 nitrogen and oxygen atoms in total. The maximum atomic E-state index is 11.2. The zero-order chi connectivity index (χ0) is 17.9. The summed E-state index contributed by atoms with van der Waals surface area (Å²) in [6, 6.07) is 11.7. The van der Waals surface area contributed by atoms with Crippen molar-refractivity contribution in [3.63, 3.8) is 0 Å². The van der Waals surface area contributed by atoms with E-state index >= 15 is 0 Å². The zero-order valence-corrected chi connectivity index (χ0v) is 14.7. The van der Waals surface area contributed by atoms with Gasteiger partial charge in [0.15, 0.2) is 0 Å². The van der Waals surface area contributed by atoms with Crippen LogP contribution in [0.4, 0.5) is 0 Å². The predicted octanol–water partition coefficient (Wildman–Crippen LogP) is 2.09. The molecule has 4 N–H and O–H groups in total. The topological polar surface area (TPSA) is 90.8 Å². The number of rotatable bonds is 5. The molecule has 2 aromatic rings. The first-order valence-corrected chi connectivity index (χ1v) is 7.88. The van der Waals surface area contributed by atoms with E-state index in [2.05, 4.69) is 25.9 Å². The van der Waals surface area contributed by atoms with Gasteiger partial charge in [0.05, 0.1) is 5.56 Å². The van der Waals surface area contributed by atoms with E-state index in [1.54, 1.807) is 37.4 Å². The molecule has 130 valence electrons. The summed E-state index contributed by atoms with van der Waals surface area (Å²) >= 11 is 3.06. The van der Waals surface area contributed by atoms with Crippen molar-refractivity contribution in [3.8, 4) is 17.2 Å². The van der Waals surface area contributed by atoms with Crippen LogP contribution in [0, 0.1) is 0 Å². The Labute approximate surface area is 149 Å². The first kappa shape index (κ1) is 19.8. The number of phenolic OH excluding ortho intramolecular Hbond substituents is 2. The molecule has 0 fully saturated rings. The Morgan fingerprint density at radius 2 is 1.88 bits per heavy atom. The molecular formula is C17H21MnN2O4. The van der Waals surface area contributed by atoms with Gasteiger partial charge in [-0.15, -0.1) is 0 Å². The second kappa shape index (κ2) is 10.5. The van der Waals surface area contributed by atoms with Gasteiger partial charge in [-0.3, -0.25) is 4.79 Å². The Bertz CT molecular complexity index is 665. The summed E-state index contributed by atoms with van der Waals surface area (Å²) in [5, 5.41) is 21.3. The monoisotopic (exact) mass is 372 g/mol. The number of benzene rings is 2. The van der Waals surface area contributed by atoms with Gasteiger partial charge in [0, 0.05) is 6.54 Å². The van der Waals surface area contributed by atoms with Crippen LogP contribution in [0.1, 0.15) is 22.8 Å². The van der Waals surface area contributed by atoms with E-state index in [1.807, 2.05) is 13.0 Å². The van der Waals surface area contributed by atoms with Crippen molar-refractivity contribution >= 4 is 5.91 Å². The number of aromatic hydroxyl groups is 2. The fourth-order valence-electron chi connectivity index (χ4n) is 1.81. The summed E-state index contributed by atoms with van der Waals surface area (Å²) in [6.45, 7) is 2.97. The number of carbonyl (C=O) groups excluding carboxylic acids is 1. The molecule has 0 aliphatic carbocycles. The van der Waals surface area contributed by atoms with Gasteiger partial charge >= 0.3 is 79.3 Å². The number of ether oxygens (including phenoxy) is 1. The summed E-state index contributed by atoms with van der Waals surface area (Å²) in [6.07, 6.45) is 0. The Morgan fingerprint density at radius 3 is 2.42 bits per heavy atom. The third-order valence-electron chi connectivity index (χ3n) is 3.04.